The zero-order valence-electron chi connectivity index (χ0n) is 12.5. The van der Waals surface area contributed by atoms with E-state index in [9.17, 15) is 4.79 Å². The fourth-order valence-electron chi connectivity index (χ4n) is 1.86. The second kappa shape index (κ2) is 7.69. The van der Waals surface area contributed by atoms with Gasteiger partial charge in [-0.2, -0.15) is 0 Å². The van der Waals surface area contributed by atoms with Gasteiger partial charge in [-0.15, -0.1) is 0 Å². The average Bonchev–Trinajstić information content (AvgIpc) is 2.43. The Morgan fingerprint density at radius 3 is 2.70 bits per heavy atom. The molecule has 112 valence electrons. The van der Waals surface area contributed by atoms with Crippen LogP contribution in [0.25, 0.3) is 0 Å². The number of pyridine rings is 1. The van der Waals surface area contributed by atoms with Crippen molar-refractivity contribution in [3.05, 3.63) is 17.8 Å². The summed E-state index contributed by atoms with van der Waals surface area (Å²) in [6.45, 7) is 6.36. The number of hydrogen-bond acceptors (Lipinski definition) is 6. The van der Waals surface area contributed by atoms with Crippen LogP contribution in [0.2, 0.25) is 0 Å². The van der Waals surface area contributed by atoms with Crippen molar-refractivity contribution in [2.24, 2.45) is 5.92 Å². The zero-order chi connectivity index (χ0) is 15.1. The summed E-state index contributed by atoms with van der Waals surface area (Å²) >= 11 is 0. The van der Waals surface area contributed by atoms with Crippen molar-refractivity contribution < 1.29 is 14.3 Å². The average molecular weight is 281 g/mol. The highest BCUT2D eigenvalue weighted by molar-refractivity contribution is 5.95. The molecule has 0 atom stereocenters. The number of methoxy groups -OCH3 is 2. The molecule has 0 saturated heterocycles. The number of nitrogens with zero attached hydrogens (tertiary/aromatic N) is 2. The lowest BCUT2D eigenvalue weighted by molar-refractivity contribution is 0.0602. The van der Waals surface area contributed by atoms with Gasteiger partial charge in [0, 0.05) is 20.2 Å². The van der Waals surface area contributed by atoms with E-state index in [-0.39, 0.29) is 0 Å². The molecule has 1 rings (SSSR count). The second-order valence-electron chi connectivity index (χ2n) is 4.95. The quantitative estimate of drug-likeness (QED) is 0.764. The van der Waals surface area contributed by atoms with Crippen molar-refractivity contribution in [2.45, 2.75) is 13.8 Å². The summed E-state index contributed by atoms with van der Waals surface area (Å²) in [5.74, 6) is 0.709. The van der Waals surface area contributed by atoms with Crippen molar-refractivity contribution in [3.63, 3.8) is 0 Å². The van der Waals surface area contributed by atoms with E-state index in [4.69, 9.17) is 15.2 Å². The zero-order valence-corrected chi connectivity index (χ0v) is 12.5. The number of ether oxygens (including phenoxy) is 2. The maximum Gasteiger partial charge on any atom is 0.340 e. The number of esters is 1. The minimum Gasteiger partial charge on any atom is -0.465 e. The lowest BCUT2D eigenvalue weighted by Crippen LogP contribution is -2.32. The van der Waals surface area contributed by atoms with Gasteiger partial charge < -0.3 is 20.1 Å². The molecule has 0 radical (unpaired) electrons. The van der Waals surface area contributed by atoms with Crippen molar-refractivity contribution in [1.29, 1.82) is 0 Å². The van der Waals surface area contributed by atoms with Crippen molar-refractivity contribution >= 4 is 17.5 Å². The summed E-state index contributed by atoms with van der Waals surface area (Å²) < 4.78 is 9.84. The number of rotatable bonds is 7. The van der Waals surface area contributed by atoms with Crippen LogP contribution >= 0.6 is 0 Å². The Labute approximate surface area is 119 Å². The molecule has 2 N–H and O–H groups in total. The first-order chi connectivity index (χ1) is 9.49. The van der Waals surface area contributed by atoms with Crippen LogP contribution in [0.4, 0.5) is 11.5 Å². The molecule has 1 heterocycles. The van der Waals surface area contributed by atoms with Gasteiger partial charge in [0.05, 0.1) is 31.2 Å². The van der Waals surface area contributed by atoms with Crippen LogP contribution in [0, 0.1) is 5.92 Å². The molecule has 0 aliphatic rings. The number of carbonyl (C=O) groups is 1. The molecule has 20 heavy (non-hydrogen) atoms. The molecule has 1 aromatic heterocycles. The molecule has 0 amide bonds. The van der Waals surface area contributed by atoms with Gasteiger partial charge in [-0.25, -0.2) is 9.78 Å². The first-order valence-corrected chi connectivity index (χ1v) is 6.57. The first-order valence-electron chi connectivity index (χ1n) is 6.57. The third kappa shape index (κ3) is 4.38. The topological polar surface area (TPSA) is 77.7 Å². The summed E-state index contributed by atoms with van der Waals surface area (Å²) in [7, 11) is 2.99. The smallest absolute Gasteiger partial charge is 0.340 e. The molecule has 0 spiro atoms. The molecule has 6 heteroatoms. The summed E-state index contributed by atoms with van der Waals surface area (Å²) in [5.41, 5.74) is 6.41. The lowest BCUT2D eigenvalue weighted by atomic mass is 10.2. The predicted octanol–water partition coefficient (Wildman–Crippen LogP) is 1.56. The van der Waals surface area contributed by atoms with Crippen LogP contribution in [0.15, 0.2) is 12.3 Å². The van der Waals surface area contributed by atoms with Crippen LogP contribution in [0.3, 0.4) is 0 Å². The molecule has 0 aromatic carbocycles. The predicted molar refractivity (Wildman–Crippen MR) is 78.9 cm³/mol. The highest BCUT2D eigenvalue weighted by Gasteiger charge is 2.16. The fraction of sp³-hybridized carbons (Fsp3) is 0.571. The number of anilines is 2. The third-order valence-electron chi connectivity index (χ3n) is 2.80. The first kappa shape index (κ1) is 16.2. The van der Waals surface area contributed by atoms with E-state index in [1.54, 1.807) is 13.2 Å². The molecule has 0 unspecified atom stereocenters. The number of nitrogens with two attached hydrogens (primary N) is 1. The van der Waals surface area contributed by atoms with Crippen LogP contribution in [-0.2, 0) is 9.47 Å². The lowest BCUT2D eigenvalue weighted by Gasteiger charge is -2.25. The van der Waals surface area contributed by atoms with E-state index in [2.05, 4.69) is 23.7 Å². The summed E-state index contributed by atoms with van der Waals surface area (Å²) in [6, 6.07) is 1.67. The highest BCUT2D eigenvalue weighted by Crippen LogP contribution is 2.20. The monoisotopic (exact) mass is 281 g/mol. The van der Waals surface area contributed by atoms with E-state index in [1.807, 2.05) is 0 Å². The maximum absolute atomic E-state index is 11.7. The summed E-state index contributed by atoms with van der Waals surface area (Å²) in [4.78, 5) is 18.0. The number of hydrogen-bond donors (Lipinski definition) is 1. The summed E-state index contributed by atoms with van der Waals surface area (Å²) in [5, 5.41) is 0. The molecule has 0 bridgehead atoms. The Bertz CT molecular complexity index is 449. The van der Waals surface area contributed by atoms with Crippen molar-refractivity contribution in [3.8, 4) is 0 Å². The van der Waals surface area contributed by atoms with E-state index in [1.165, 1.54) is 13.3 Å². The Morgan fingerprint density at radius 2 is 2.15 bits per heavy atom. The van der Waals surface area contributed by atoms with E-state index in [0.717, 1.165) is 6.54 Å². The van der Waals surface area contributed by atoms with E-state index >= 15 is 0 Å². The van der Waals surface area contributed by atoms with Crippen LogP contribution in [0.1, 0.15) is 24.2 Å². The Hall–Kier alpha value is -1.82. The number of carbonyl (C=O) groups excluding carboxylic acids is 1. The molecular weight excluding hydrogens is 258 g/mol. The number of aromatic nitrogens is 1. The van der Waals surface area contributed by atoms with E-state index < -0.39 is 5.97 Å². The number of nitrogen functional groups attached to an aromatic ring is 1. The van der Waals surface area contributed by atoms with Crippen LogP contribution < -0.4 is 10.6 Å². The van der Waals surface area contributed by atoms with Gasteiger partial charge in [-0.1, -0.05) is 13.8 Å². The second-order valence-corrected chi connectivity index (χ2v) is 4.95. The SMILES string of the molecule is COCCN(CC(C)C)c1cc(C(=O)OC)c(N)cn1. The minimum absolute atomic E-state index is 0.317. The van der Waals surface area contributed by atoms with Gasteiger partial charge in [-0.05, 0) is 12.0 Å². The molecule has 0 aliphatic carbocycles. The molecule has 0 fully saturated rings. The van der Waals surface area contributed by atoms with Gasteiger partial charge >= 0.3 is 5.97 Å². The molecule has 0 aliphatic heterocycles. The van der Waals surface area contributed by atoms with Gasteiger partial charge in [-0.3, -0.25) is 0 Å². The molecule has 1 aromatic rings. The van der Waals surface area contributed by atoms with E-state index in [0.29, 0.717) is 36.1 Å². The van der Waals surface area contributed by atoms with Crippen LogP contribution in [-0.4, -0.2) is 44.9 Å². The molecule has 0 saturated carbocycles. The Morgan fingerprint density at radius 1 is 1.45 bits per heavy atom. The highest BCUT2D eigenvalue weighted by atomic mass is 16.5. The normalized spacial score (nSPS) is 10.7. The van der Waals surface area contributed by atoms with Crippen LogP contribution in [0.5, 0.6) is 0 Å². The molecule has 6 nitrogen and oxygen atoms in total. The summed E-state index contributed by atoms with van der Waals surface area (Å²) in [6.07, 6.45) is 1.49. The largest absolute Gasteiger partial charge is 0.465 e. The Kier molecular flexibility index (Phi) is 6.24. The van der Waals surface area contributed by atoms with Gasteiger partial charge in [0.1, 0.15) is 5.82 Å². The van der Waals surface area contributed by atoms with Crippen molar-refractivity contribution in [1.82, 2.24) is 4.98 Å². The molecular formula is C14H23N3O3. The fourth-order valence-corrected chi connectivity index (χ4v) is 1.86. The minimum atomic E-state index is -0.456. The Balaban J connectivity index is 3.03. The maximum atomic E-state index is 11.7. The standard InChI is InChI=1S/C14H23N3O3/c1-10(2)9-17(5-6-19-3)13-7-11(14(18)20-4)12(15)8-16-13/h7-8,10H,5-6,9,15H2,1-4H3. The van der Waals surface area contributed by atoms with Gasteiger partial charge in [0.2, 0.25) is 0 Å². The van der Waals surface area contributed by atoms with Crippen molar-refractivity contribution in [2.75, 3.05) is 44.5 Å². The third-order valence-corrected chi connectivity index (χ3v) is 2.80. The van der Waals surface area contributed by atoms with Gasteiger partial charge in [0.25, 0.3) is 0 Å². The van der Waals surface area contributed by atoms with Gasteiger partial charge in [0.15, 0.2) is 0 Å².